The zero-order valence-corrected chi connectivity index (χ0v) is 9.68. The minimum atomic E-state index is 0.443. The molecule has 2 nitrogen and oxygen atoms in total. The van der Waals surface area contributed by atoms with Crippen LogP contribution in [0.1, 0.15) is 32.6 Å². The topological polar surface area (TPSA) is 38.4 Å². The molecule has 2 N–H and O–H groups in total. The van der Waals surface area contributed by atoms with Crippen LogP contribution in [-0.4, -0.2) is 12.8 Å². The van der Waals surface area contributed by atoms with Crippen LogP contribution >= 0.6 is 15.9 Å². The van der Waals surface area contributed by atoms with E-state index in [0.717, 1.165) is 11.0 Å². The average Bonchev–Trinajstić information content (AvgIpc) is 2.52. The Morgan fingerprint density at radius 2 is 2.15 bits per heavy atom. The van der Waals surface area contributed by atoms with Crippen LogP contribution in [0.25, 0.3) is 0 Å². The zero-order chi connectivity index (χ0) is 9.73. The number of nitrogens with zero attached hydrogens (tertiary/aromatic N) is 1. The lowest BCUT2D eigenvalue weighted by molar-refractivity contribution is 0.352. The molecule has 1 rings (SSSR count). The second kappa shape index (κ2) is 4.80. The molecular weight excluding hydrogens is 228 g/mol. The van der Waals surface area contributed by atoms with E-state index in [1.54, 1.807) is 6.21 Å². The van der Waals surface area contributed by atoms with Crippen molar-refractivity contribution in [2.24, 2.45) is 16.1 Å². The van der Waals surface area contributed by atoms with Crippen LogP contribution < -0.4 is 5.73 Å². The van der Waals surface area contributed by atoms with Gasteiger partial charge in [0.15, 0.2) is 0 Å². The first kappa shape index (κ1) is 10.8. The normalized spacial score (nSPS) is 22.8. The van der Waals surface area contributed by atoms with Gasteiger partial charge < -0.3 is 5.73 Å². The highest BCUT2D eigenvalue weighted by Crippen LogP contribution is 2.37. The van der Waals surface area contributed by atoms with Gasteiger partial charge in [0.1, 0.15) is 0 Å². The van der Waals surface area contributed by atoms with E-state index in [9.17, 15) is 0 Å². The van der Waals surface area contributed by atoms with Gasteiger partial charge >= 0.3 is 0 Å². The standard InChI is InChI=1S/C10H17BrN2/c1-10(4-2-3-5-10)8-13-7-9(11)6-12/h6-7H,2-5,8,12H2,1H3. The summed E-state index contributed by atoms with van der Waals surface area (Å²) >= 11 is 3.29. The van der Waals surface area contributed by atoms with Crippen LogP contribution in [0, 0.1) is 5.41 Å². The van der Waals surface area contributed by atoms with E-state index in [1.165, 1.54) is 31.9 Å². The Labute approximate surface area is 88.4 Å². The molecule has 74 valence electrons. The fraction of sp³-hybridized carbons (Fsp3) is 0.700. The minimum absolute atomic E-state index is 0.443. The van der Waals surface area contributed by atoms with E-state index in [0.29, 0.717) is 5.41 Å². The molecule has 0 unspecified atom stereocenters. The van der Waals surface area contributed by atoms with Gasteiger partial charge in [-0.3, -0.25) is 4.99 Å². The average molecular weight is 245 g/mol. The largest absolute Gasteiger partial charge is 0.404 e. The summed E-state index contributed by atoms with van der Waals surface area (Å²) < 4.78 is 0.856. The molecule has 1 saturated carbocycles. The lowest BCUT2D eigenvalue weighted by Crippen LogP contribution is -2.14. The van der Waals surface area contributed by atoms with Gasteiger partial charge in [-0.15, -0.1) is 0 Å². The lowest BCUT2D eigenvalue weighted by Gasteiger charge is -2.19. The van der Waals surface area contributed by atoms with Crippen molar-refractivity contribution in [2.45, 2.75) is 32.6 Å². The second-order valence-corrected chi connectivity index (χ2v) is 4.95. The molecule has 0 aromatic rings. The van der Waals surface area contributed by atoms with Crippen LogP contribution in [0.5, 0.6) is 0 Å². The number of allylic oxidation sites excluding steroid dienone is 1. The Bertz CT molecular complexity index is 215. The van der Waals surface area contributed by atoms with Crippen molar-refractivity contribution in [3.05, 3.63) is 10.7 Å². The summed E-state index contributed by atoms with van der Waals surface area (Å²) in [5.74, 6) is 0. The number of hydrogen-bond donors (Lipinski definition) is 1. The predicted molar refractivity (Wildman–Crippen MR) is 61.1 cm³/mol. The van der Waals surface area contributed by atoms with Crippen molar-refractivity contribution < 1.29 is 0 Å². The highest BCUT2D eigenvalue weighted by Gasteiger charge is 2.27. The first-order chi connectivity index (χ1) is 6.16. The number of hydrogen-bond acceptors (Lipinski definition) is 2. The van der Waals surface area contributed by atoms with Gasteiger partial charge in [-0.2, -0.15) is 0 Å². The lowest BCUT2D eigenvalue weighted by atomic mass is 9.89. The third kappa shape index (κ3) is 3.51. The monoisotopic (exact) mass is 244 g/mol. The fourth-order valence-electron chi connectivity index (χ4n) is 1.78. The second-order valence-electron chi connectivity index (χ2n) is 4.04. The molecule has 1 fully saturated rings. The molecule has 1 aliphatic rings. The minimum Gasteiger partial charge on any atom is -0.404 e. The van der Waals surface area contributed by atoms with Gasteiger partial charge in [-0.25, -0.2) is 0 Å². The maximum absolute atomic E-state index is 5.30. The molecule has 0 aromatic carbocycles. The molecule has 0 spiro atoms. The van der Waals surface area contributed by atoms with Gasteiger partial charge in [0.25, 0.3) is 0 Å². The van der Waals surface area contributed by atoms with Crippen molar-refractivity contribution in [3.8, 4) is 0 Å². The molecule has 3 heteroatoms. The van der Waals surface area contributed by atoms with E-state index in [1.807, 2.05) is 0 Å². The molecule has 13 heavy (non-hydrogen) atoms. The van der Waals surface area contributed by atoms with Crippen molar-refractivity contribution in [1.29, 1.82) is 0 Å². The number of rotatable bonds is 3. The van der Waals surface area contributed by atoms with Gasteiger partial charge in [-0.05, 0) is 34.2 Å². The Kier molecular flexibility index (Phi) is 3.97. The Hall–Kier alpha value is -0.310. The summed E-state index contributed by atoms with van der Waals surface area (Å²) in [6, 6.07) is 0. The number of nitrogens with two attached hydrogens (primary N) is 1. The summed E-state index contributed by atoms with van der Waals surface area (Å²) in [4.78, 5) is 4.38. The predicted octanol–water partition coefficient (Wildman–Crippen LogP) is 2.83. The molecule has 0 saturated heterocycles. The maximum atomic E-state index is 5.30. The van der Waals surface area contributed by atoms with Gasteiger partial charge in [-0.1, -0.05) is 19.8 Å². The Morgan fingerprint density at radius 3 is 2.69 bits per heavy atom. The molecule has 0 aromatic heterocycles. The van der Waals surface area contributed by atoms with Gasteiger partial charge in [0.2, 0.25) is 0 Å². The number of halogens is 1. The summed E-state index contributed by atoms with van der Waals surface area (Å²) in [7, 11) is 0. The zero-order valence-electron chi connectivity index (χ0n) is 8.09. The quantitative estimate of drug-likeness (QED) is 0.763. The third-order valence-corrected chi connectivity index (χ3v) is 3.13. The van der Waals surface area contributed by atoms with Crippen LogP contribution in [0.2, 0.25) is 0 Å². The van der Waals surface area contributed by atoms with Crippen LogP contribution in [0.4, 0.5) is 0 Å². The summed E-state index contributed by atoms with van der Waals surface area (Å²) in [5, 5.41) is 0. The van der Waals surface area contributed by atoms with Crippen molar-refractivity contribution in [1.82, 2.24) is 0 Å². The van der Waals surface area contributed by atoms with E-state index in [-0.39, 0.29) is 0 Å². The van der Waals surface area contributed by atoms with E-state index < -0.39 is 0 Å². The number of aliphatic imine (C=N–C) groups is 1. The van der Waals surface area contributed by atoms with E-state index >= 15 is 0 Å². The Balaban J connectivity index is 2.36. The van der Waals surface area contributed by atoms with E-state index in [2.05, 4.69) is 27.8 Å². The van der Waals surface area contributed by atoms with Crippen molar-refractivity contribution in [2.75, 3.05) is 6.54 Å². The molecule has 0 aliphatic heterocycles. The first-order valence-corrected chi connectivity index (χ1v) is 5.53. The highest BCUT2D eigenvalue weighted by atomic mass is 79.9. The molecule has 1 aliphatic carbocycles. The summed E-state index contributed by atoms with van der Waals surface area (Å²) in [6.07, 6.45) is 8.66. The van der Waals surface area contributed by atoms with Crippen LogP contribution in [0.15, 0.2) is 15.7 Å². The summed E-state index contributed by atoms with van der Waals surface area (Å²) in [6.45, 7) is 3.24. The molecular formula is C10H17BrN2. The highest BCUT2D eigenvalue weighted by molar-refractivity contribution is 9.12. The van der Waals surface area contributed by atoms with Crippen LogP contribution in [-0.2, 0) is 0 Å². The van der Waals surface area contributed by atoms with Crippen LogP contribution in [0.3, 0.4) is 0 Å². The molecule has 0 heterocycles. The summed E-state index contributed by atoms with van der Waals surface area (Å²) in [5.41, 5.74) is 5.74. The molecule has 0 atom stereocenters. The van der Waals surface area contributed by atoms with Crippen molar-refractivity contribution >= 4 is 22.1 Å². The molecule has 0 bridgehead atoms. The van der Waals surface area contributed by atoms with E-state index in [4.69, 9.17) is 5.73 Å². The first-order valence-electron chi connectivity index (χ1n) is 4.73. The molecule has 0 radical (unpaired) electrons. The maximum Gasteiger partial charge on any atom is 0.0508 e. The van der Waals surface area contributed by atoms with Gasteiger partial charge in [0.05, 0.1) is 4.48 Å². The van der Waals surface area contributed by atoms with Crippen molar-refractivity contribution in [3.63, 3.8) is 0 Å². The van der Waals surface area contributed by atoms with Gasteiger partial charge in [0, 0.05) is 19.0 Å². The molecule has 0 amide bonds. The SMILES string of the molecule is CC1(CN=CC(Br)=CN)CCCC1. The fourth-order valence-corrected chi connectivity index (χ4v) is 1.93. The Morgan fingerprint density at radius 1 is 1.54 bits per heavy atom. The smallest absolute Gasteiger partial charge is 0.0508 e. The third-order valence-electron chi connectivity index (χ3n) is 2.66.